The maximum absolute atomic E-state index is 11.1. The van der Waals surface area contributed by atoms with Crippen LogP contribution in [0.15, 0.2) is 29.2 Å². The van der Waals surface area contributed by atoms with Crippen LogP contribution < -0.4 is 5.14 Å². The van der Waals surface area contributed by atoms with Crippen LogP contribution in [-0.2, 0) is 19.6 Å². The van der Waals surface area contributed by atoms with Crippen molar-refractivity contribution < 1.29 is 17.9 Å². The second-order valence-corrected chi connectivity index (χ2v) is 5.26. The third-order valence-corrected chi connectivity index (χ3v) is 3.35. The first-order valence-corrected chi connectivity index (χ1v) is 6.94. The zero-order chi connectivity index (χ0) is 13.8. The molecule has 98 valence electrons. The average molecular weight is 290 g/mol. The summed E-state index contributed by atoms with van der Waals surface area (Å²) in [7, 11) is -3.84. The molecule has 0 heterocycles. The van der Waals surface area contributed by atoms with Gasteiger partial charge in [-0.3, -0.25) is 0 Å². The summed E-state index contributed by atoms with van der Waals surface area (Å²) in [4.78, 5) is 10.9. The predicted octanol–water partition coefficient (Wildman–Crippen LogP) is 1.56. The van der Waals surface area contributed by atoms with Crippen molar-refractivity contribution in [3.8, 4) is 0 Å². The number of nitrogens with two attached hydrogens (primary N) is 1. The highest BCUT2D eigenvalue weighted by Crippen LogP contribution is 2.22. The number of hydrogen-bond acceptors (Lipinski definition) is 4. The SMILES string of the molecule is CCOC(=O)C=Cc1ccc(S(N)(=O)=O)c(Cl)c1. The van der Waals surface area contributed by atoms with Crippen LogP contribution in [0.1, 0.15) is 12.5 Å². The van der Waals surface area contributed by atoms with Crippen LogP contribution in [0.4, 0.5) is 0 Å². The first-order valence-electron chi connectivity index (χ1n) is 5.01. The molecule has 18 heavy (non-hydrogen) atoms. The molecule has 0 aliphatic heterocycles. The Balaban J connectivity index is 2.96. The van der Waals surface area contributed by atoms with E-state index in [1.165, 1.54) is 30.4 Å². The van der Waals surface area contributed by atoms with Gasteiger partial charge < -0.3 is 4.74 Å². The Kier molecular flexibility index (Phi) is 4.89. The molecule has 0 aliphatic rings. The van der Waals surface area contributed by atoms with Gasteiger partial charge in [0.25, 0.3) is 0 Å². The van der Waals surface area contributed by atoms with Crippen molar-refractivity contribution in [1.82, 2.24) is 0 Å². The van der Waals surface area contributed by atoms with E-state index in [4.69, 9.17) is 21.5 Å². The highest BCUT2D eigenvalue weighted by Gasteiger charge is 2.12. The average Bonchev–Trinajstić information content (AvgIpc) is 2.25. The lowest BCUT2D eigenvalue weighted by atomic mass is 10.2. The molecule has 0 atom stereocenters. The number of carbonyl (C=O) groups is 1. The summed E-state index contributed by atoms with van der Waals surface area (Å²) in [6.07, 6.45) is 2.70. The summed E-state index contributed by atoms with van der Waals surface area (Å²) in [5.74, 6) is -0.482. The standard InChI is InChI=1S/C11H12ClNO4S/c1-2-17-11(14)6-4-8-3-5-10(9(12)7-8)18(13,15)16/h3-7H,2H2,1H3,(H2,13,15,16). The number of carbonyl (C=O) groups excluding carboxylic acids is 1. The van der Waals surface area contributed by atoms with E-state index in [0.29, 0.717) is 5.56 Å². The number of ether oxygens (including phenoxy) is 1. The molecule has 0 aromatic heterocycles. The van der Waals surface area contributed by atoms with Gasteiger partial charge in [-0.05, 0) is 30.7 Å². The molecule has 1 aromatic rings. The smallest absolute Gasteiger partial charge is 0.330 e. The van der Waals surface area contributed by atoms with Gasteiger partial charge in [-0.2, -0.15) is 0 Å². The molecule has 0 unspecified atom stereocenters. The van der Waals surface area contributed by atoms with Gasteiger partial charge in [-0.25, -0.2) is 18.4 Å². The van der Waals surface area contributed by atoms with Crippen LogP contribution in [-0.4, -0.2) is 21.0 Å². The molecule has 0 saturated carbocycles. The van der Waals surface area contributed by atoms with E-state index in [1.807, 2.05) is 0 Å². The molecule has 0 fully saturated rings. The predicted molar refractivity (Wildman–Crippen MR) is 68.5 cm³/mol. The van der Waals surface area contributed by atoms with E-state index in [9.17, 15) is 13.2 Å². The molecule has 2 N–H and O–H groups in total. The normalized spacial score (nSPS) is 11.7. The minimum Gasteiger partial charge on any atom is -0.463 e. The number of esters is 1. The van der Waals surface area contributed by atoms with Crippen LogP contribution in [0.5, 0.6) is 0 Å². The van der Waals surface area contributed by atoms with Crippen molar-refractivity contribution in [2.45, 2.75) is 11.8 Å². The van der Waals surface area contributed by atoms with Crippen molar-refractivity contribution in [2.75, 3.05) is 6.61 Å². The Hall–Kier alpha value is -1.37. The number of sulfonamides is 1. The van der Waals surface area contributed by atoms with E-state index >= 15 is 0 Å². The molecular weight excluding hydrogens is 278 g/mol. The van der Waals surface area contributed by atoms with Crippen molar-refractivity contribution in [3.05, 3.63) is 34.9 Å². The number of primary sulfonamides is 1. The molecule has 5 nitrogen and oxygen atoms in total. The summed E-state index contributed by atoms with van der Waals surface area (Å²) in [5, 5.41) is 4.97. The molecular formula is C11H12ClNO4S. The van der Waals surface area contributed by atoms with Gasteiger partial charge in [0.1, 0.15) is 4.90 Å². The Bertz CT molecular complexity index is 581. The first kappa shape index (κ1) is 14.7. The fourth-order valence-corrected chi connectivity index (χ4v) is 2.31. The summed E-state index contributed by atoms with van der Waals surface area (Å²) in [5.41, 5.74) is 0.570. The Morgan fingerprint density at radius 2 is 2.17 bits per heavy atom. The van der Waals surface area contributed by atoms with Crippen LogP contribution in [0, 0.1) is 0 Å². The summed E-state index contributed by atoms with van der Waals surface area (Å²) < 4.78 is 26.9. The highest BCUT2D eigenvalue weighted by molar-refractivity contribution is 7.89. The third kappa shape index (κ3) is 4.14. The lowest BCUT2D eigenvalue weighted by Gasteiger charge is -2.02. The Morgan fingerprint density at radius 3 is 2.67 bits per heavy atom. The van der Waals surface area contributed by atoms with E-state index < -0.39 is 16.0 Å². The molecule has 1 rings (SSSR count). The monoisotopic (exact) mass is 289 g/mol. The van der Waals surface area contributed by atoms with Gasteiger partial charge in [0.15, 0.2) is 0 Å². The largest absolute Gasteiger partial charge is 0.463 e. The van der Waals surface area contributed by atoms with E-state index in [-0.39, 0.29) is 16.5 Å². The van der Waals surface area contributed by atoms with Gasteiger partial charge in [0, 0.05) is 6.08 Å². The summed E-state index contributed by atoms with van der Waals surface area (Å²) in [6, 6.07) is 4.17. The second-order valence-electron chi connectivity index (χ2n) is 3.32. The molecule has 0 bridgehead atoms. The van der Waals surface area contributed by atoms with Crippen LogP contribution in [0.25, 0.3) is 6.08 Å². The minimum absolute atomic E-state index is 0.00325. The Morgan fingerprint density at radius 1 is 1.50 bits per heavy atom. The fourth-order valence-electron chi connectivity index (χ4n) is 1.21. The van der Waals surface area contributed by atoms with E-state index in [0.717, 1.165) is 0 Å². The van der Waals surface area contributed by atoms with Crippen molar-refractivity contribution >= 4 is 33.7 Å². The maximum Gasteiger partial charge on any atom is 0.330 e. The van der Waals surface area contributed by atoms with Crippen LogP contribution in [0.2, 0.25) is 5.02 Å². The first-order chi connectivity index (χ1) is 8.34. The number of halogens is 1. The molecule has 0 spiro atoms. The lowest BCUT2D eigenvalue weighted by Crippen LogP contribution is -2.12. The van der Waals surface area contributed by atoms with Gasteiger partial charge in [-0.1, -0.05) is 17.7 Å². The van der Waals surface area contributed by atoms with Gasteiger partial charge in [0.05, 0.1) is 11.6 Å². The number of benzene rings is 1. The van der Waals surface area contributed by atoms with Crippen molar-refractivity contribution in [2.24, 2.45) is 5.14 Å². The molecule has 0 saturated heterocycles. The number of rotatable bonds is 4. The summed E-state index contributed by atoms with van der Waals surface area (Å²) >= 11 is 5.78. The molecule has 0 radical (unpaired) electrons. The molecule has 1 aromatic carbocycles. The fraction of sp³-hybridized carbons (Fsp3) is 0.182. The van der Waals surface area contributed by atoms with Gasteiger partial charge in [-0.15, -0.1) is 0 Å². The minimum atomic E-state index is -3.84. The zero-order valence-corrected chi connectivity index (χ0v) is 11.2. The number of hydrogen-bond donors (Lipinski definition) is 1. The van der Waals surface area contributed by atoms with Gasteiger partial charge in [0.2, 0.25) is 10.0 Å². The molecule has 7 heteroatoms. The quantitative estimate of drug-likeness (QED) is 0.673. The van der Waals surface area contributed by atoms with Crippen LogP contribution >= 0.6 is 11.6 Å². The summed E-state index contributed by atoms with van der Waals surface area (Å²) in [6.45, 7) is 1.98. The van der Waals surface area contributed by atoms with E-state index in [1.54, 1.807) is 6.92 Å². The van der Waals surface area contributed by atoms with Gasteiger partial charge >= 0.3 is 5.97 Å². The Labute approximate surface area is 110 Å². The van der Waals surface area contributed by atoms with E-state index in [2.05, 4.69) is 0 Å². The lowest BCUT2D eigenvalue weighted by molar-refractivity contribution is -0.137. The second kappa shape index (κ2) is 5.99. The maximum atomic E-state index is 11.1. The molecule has 0 amide bonds. The van der Waals surface area contributed by atoms with Crippen LogP contribution in [0.3, 0.4) is 0 Å². The molecule has 0 aliphatic carbocycles. The van der Waals surface area contributed by atoms with Crippen molar-refractivity contribution in [3.63, 3.8) is 0 Å². The third-order valence-electron chi connectivity index (χ3n) is 1.96. The highest BCUT2D eigenvalue weighted by atomic mass is 35.5. The van der Waals surface area contributed by atoms with Crippen molar-refractivity contribution in [1.29, 1.82) is 0 Å². The zero-order valence-electron chi connectivity index (χ0n) is 9.59. The topological polar surface area (TPSA) is 86.5 Å².